The van der Waals surface area contributed by atoms with Crippen molar-refractivity contribution in [3.63, 3.8) is 0 Å². The minimum Gasteiger partial charge on any atom is -0.461 e. The van der Waals surface area contributed by atoms with Crippen molar-refractivity contribution in [1.82, 2.24) is 0 Å². The Morgan fingerprint density at radius 3 is 1.35 bits per heavy atom. The zero-order chi connectivity index (χ0) is 35.1. The topological polar surface area (TPSA) is 114 Å². The van der Waals surface area contributed by atoms with E-state index in [0.29, 0.717) is 0 Å². The third-order valence-corrected chi connectivity index (χ3v) is 12.7. The lowest BCUT2D eigenvalue weighted by Crippen LogP contribution is -2.67. The average Bonchev–Trinajstić information content (AvgIpc) is 3.10. The quantitative estimate of drug-likeness (QED) is 0.0674. The van der Waals surface area contributed by atoms with Gasteiger partial charge in [-0.15, -0.1) is 0 Å². The van der Waals surface area contributed by atoms with Gasteiger partial charge in [0.25, 0.3) is 8.32 Å². The van der Waals surface area contributed by atoms with Crippen LogP contribution < -0.4 is 10.4 Å². The Morgan fingerprint density at radius 1 is 0.531 bits per heavy atom. The number of esters is 4. The molecule has 4 aromatic carbocycles. The van der Waals surface area contributed by atoms with Crippen LogP contribution in [0.4, 0.5) is 0 Å². The fraction of sp³-hybridized carbons (Fsp3) is 0.282. The second-order valence-corrected chi connectivity index (χ2v) is 16.7. The number of hydrogen-bond acceptors (Lipinski definition) is 9. The summed E-state index contributed by atoms with van der Waals surface area (Å²) in [5.41, 5.74) is 1.55. The summed E-state index contributed by atoms with van der Waals surface area (Å²) in [6, 6.07) is 37.9. The second-order valence-electron chi connectivity index (χ2n) is 12.4. The van der Waals surface area contributed by atoms with Crippen molar-refractivity contribution >= 4 is 42.6 Å². The van der Waals surface area contributed by atoms with Crippen LogP contribution in [0.25, 0.3) is 0 Å². The van der Waals surface area contributed by atoms with Gasteiger partial charge in [-0.05, 0) is 26.5 Å². The summed E-state index contributed by atoms with van der Waals surface area (Å²) in [5.74, 6) is -3.25. The van der Waals surface area contributed by atoms with Crippen LogP contribution in [0.5, 0.6) is 0 Å². The van der Waals surface area contributed by atoms with E-state index >= 15 is 0 Å². The molecule has 0 radical (unpaired) electrons. The van der Waals surface area contributed by atoms with Crippen LogP contribution in [-0.4, -0.2) is 51.5 Å². The van der Waals surface area contributed by atoms with Gasteiger partial charge in [0, 0.05) is 0 Å². The molecule has 1 unspecified atom stereocenters. The van der Waals surface area contributed by atoms with Crippen LogP contribution >= 0.6 is 0 Å². The molecule has 49 heavy (non-hydrogen) atoms. The summed E-state index contributed by atoms with van der Waals surface area (Å²) >= 11 is 0. The van der Waals surface area contributed by atoms with Crippen LogP contribution in [0.2, 0.25) is 5.04 Å². The number of carbonyl (C=O) groups is 4. The van der Waals surface area contributed by atoms with Crippen LogP contribution in [-0.2, 0) is 55.8 Å². The predicted molar refractivity (Wildman–Crippen MR) is 186 cm³/mol. The van der Waals surface area contributed by atoms with Gasteiger partial charge in [0.05, 0.1) is 6.61 Å². The van der Waals surface area contributed by atoms with Crippen molar-refractivity contribution in [2.75, 3.05) is 13.2 Å². The Kier molecular flexibility index (Phi) is 13.4. The van der Waals surface area contributed by atoms with E-state index < -0.39 is 57.7 Å². The van der Waals surface area contributed by atoms with E-state index in [4.69, 9.17) is 23.4 Å². The minimum absolute atomic E-state index is 0.00529. The van der Waals surface area contributed by atoms with Gasteiger partial charge in [-0.2, -0.15) is 0 Å². The Balaban J connectivity index is 1.47. The molecule has 0 saturated carbocycles. The first kappa shape index (κ1) is 36.8. The monoisotopic (exact) mass is 682 g/mol. The molecular formula is C39H42O9Si. The maximum atomic E-state index is 13.0. The molecule has 0 N–H and O–H groups in total. The van der Waals surface area contributed by atoms with Gasteiger partial charge < -0.3 is 23.4 Å². The molecule has 256 valence electrons. The van der Waals surface area contributed by atoms with E-state index in [1.54, 1.807) is 24.3 Å². The first-order valence-corrected chi connectivity index (χ1v) is 18.0. The predicted octanol–water partition coefficient (Wildman–Crippen LogP) is 5.29. The molecule has 9 nitrogen and oxygen atoms in total. The molecule has 0 amide bonds. The normalized spacial score (nSPS) is 12.0. The first-order chi connectivity index (χ1) is 23.6. The lowest BCUT2D eigenvalue weighted by atomic mass is 10.2. The maximum Gasteiger partial charge on any atom is 0.317 e. The highest BCUT2D eigenvalue weighted by molar-refractivity contribution is 6.99. The molecule has 0 aliphatic rings. The lowest BCUT2D eigenvalue weighted by Gasteiger charge is -2.43. The van der Waals surface area contributed by atoms with Crippen molar-refractivity contribution in [2.45, 2.75) is 58.0 Å². The van der Waals surface area contributed by atoms with E-state index in [9.17, 15) is 19.2 Å². The zero-order valence-electron chi connectivity index (χ0n) is 28.0. The number of rotatable bonds is 16. The standard InChI is InChI=1S/C39H42O9Si/c1-39(2,3)49(33-20-12-6-13-21-33,34-22-14-7-15-23-34)47-29-32(48-38(43)25-37(42)45-27-31-18-10-5-11-19-31)28-46-36(41)24-35(40)44-26-30-16-8-4-9-17-30/h4-23,32H,24-29H2,1-3H3. The SMILES string of the molecule is CC(C)(C)[Si](OCC(COC(=O)CC(=O)OCc1ccccc1)OC(=O)CC(=O)OCc1ccccc1)(c1ccccc1)c1ccccc1. The molecule has 4 aromatic rings. The summed E-state index contributed by atoms with van der Waals surface area (Å²) in [4.78, 5) is 50.5. The summed E-state index contributed by atoms with van der Waals surface area (Å²) in [7, 11) is -3.07. The van der Waals surface area contributed by atoms with Gasteiger partial charge in [0.1, 0.15) is 32.7 Å². The van der Waals surface area contributed by atoms with Crippen molar-refractivity contribution in [2.24, 2.45) is 0 Å². The molecule has 0 bridgehead atoms. The summed E-state index contributed by atoms with van der Waals surface area (Å²) in [6.45, 7) is 5.76. The lowest BCUT2D eigenvalue weighted by molar-refractivity contribution is -0.167. The Hall–Kier alpha value is -5.06. The summed E-state index contributed by atoms with van der Waals surface area (Å²) in [6.07, 6.45) is -2.38. The second kappa shape index (κ2) is 17.9. The first-order valence-electron chi connectivity index (χ1n) is 16.1. The Labute approximate surface area is 288 Å². The van der Waals surface area contributed by atoms with Gasteiger partial charge in [0.2, 0.25) is 0 Å². The number of hydrogen-bond donors (Lipinski definition) is 0. The smallest absolute Gasteiger partial charge is 0.317 e. The van der Waals surface area contributed by atoms with Crippen molar-refractivity contribution < 1.29 is 42.6 Å². The molecule has 0 fully saturated rings. The van der Waals surface area contributed by atoms with E-state index in [0.717, 1.165) is 21.5 Å². The van der Waals surface area contributed by atoms with Gasteiger partial charge in [0.15, 0.2) is 6.10 Å². The molecule has 0 spiro atoms. The van der Waals surface area contributed by atoms with Crippen molar-refractivity contribution in [1.29, 1.82) is 0 Å². The molecule has 0 heterocycles. The third kappa shape index (κ3) is 11.0. The largest absolute Gasteiger partial charge is 0.461 e. The number of ether oxygens (including phenoxy) is 4. The summed E-state index contributed by atoms with van der Waals surface area (Å²) < 4.78 is 28.4. The van der Waals surface area contributed by atoms with E-state index in [1.165, 1.54) is 0 Å². The molecule has 0 saturated heterocycles. The van der Waals surface area contributed by atoms with E-state index in [1.807, 2.05) is 97.1 Å². The highest BCUT2D eigenvalue weighted by atomic mass is 28.4. The third-order valence-electron chi connectivity index (χ3n) is 7.69. The Morgan fingerprint density at radius 2 is 0.918 bits per heavy atom. The minimum atomic E-state index is -3.07. The highest BCUT2D eigenvalue weighted by Crippen LogP contribution is 2.37. The number of benzene rings is 4. The molecule has 0 aliphatic heterocycles. The molecule has 10 heteroatoms. The zero-order valence-corrected chi connectivity index (χ0v) is 29.0. The average molecular weight is 683 g/mol. The number of carbonyl (C=O) groups excluding carboxylic acids is 4. The highest BCUT2D eigenvalue weighted by Gasteiger charge is 2.50. The summed E-state index contributed by atoms with van der Waals surface area (Å²) in [5, 5.41) is 1.62. The van der Waals surface area contributed by atoms with E-state index in [-0.39, 0.29) is 24.9 Å². The van der Waals surface area contributed by atoms with Gasteiger partial charge >= 0.3 is 23.9 Å². The van der Waals surface area contributed by atoms with Gasteiger partial charge in [-0.25, -0.2) is 0 Å². The Bertz CT molecular complexity index is 1600. The van der Waals surface area contributed by atoms with Gasteiger partial charge in [-0.1, -0.05) is 142 Å². The molecule has 4 rings (SSSR count). The van der Waals surface area contributed by atoms with Crippen LogP contribution in [0.15, 0.2) is 121 Å². The van der Waals surface area contributed by atoms with E-state index in [2.05, 4.69) is 20.8 Å². The fourth-order valence-electron chi connectivity index (χ4n) is 5.37. The van der Waals surface area contributed by atoms with Crippen molar-refractivity contribution in [3.05, 3.63) is 132 Å². The maximum absolute atomic E-state index is 13.0. The van der Waals surface area contributed by atoms with Crippen molar-refractivity contribution in [3.8, 4) is 0 Å². The molecule has 0 aliphatic carbocycles. The molecule has 0 aromatic heterocycles. The molecular weight excluding hydrogens is 641 g/mol. The van der Waals surface area contributed by atoms with Crippen LogP contribution in [0, 0.1) is 0 Å². The van der Waals surface area contributed by atoms with Gasteiger partial charge in [-0.3, -0.25) is 19.2 Å². The fourth-order valence-corrected chi connectivity index (χ4v) is 9.97. The molecule has 1 atom stereocenters. The van der Waals surface area contributed by atoms with Crippen LogP contribution in [0.1, 0.15) is 44.7 Å². The van der Waals surface area contributed by atoms with Crippen LogP contribution in [0.3, 0.4) is 0 Å².